The van der Waals surface area contributed by atoms with E-state index in [0.29, 0.717) is 25.1 Å². The van der Waals surface area contributed by atoms with Crippen LogP contribution in [0.4, 0.5) is 18.9 Å². The minimum atomic E-state index is -4.35. The number of alkyl halides is 3. The van der Waals surface area contributed by atoms with Gasteiger partial charge in [0.1, 0.15) is 5.82 Å². The van der Waals surface area contributed by atoms with E-state index in [0.717, 1.165) is 22.1 Å². The molecule has 146 valence electrons. The lowest BCUT2D eigenvalue weighted by Crippen LogP contribution is -2.24. The maximum atomic E-state index is 13.5. The van der Waals surface area contributed by atoms with Gasteiger partial charge < -0.3 is 9.88 Å². The summed E-state index contributed by atoms with van der Waals surface area (Å²) in [6.07, 6.45) is -1.95. The molecule has 0 bridgehead atoms. The number of aryl methyl sites for hydroxylation is 1. The smallest absolute Gasteiger partial charge is 0.363 e. The Morgan fingerprint density at radius 3 is 2.64 bits per heavy atom. The summed E-state index contributed by atoms with van der Waals surface area (Å²) in [6, 6.07) is 13.8. The highest BCUT2D eigenvalue weighted by Crippen LogP contribution is 2.48. The molecule has 1 unspecified atom stereocenters. The third-order valence-corrected chi connectivity index (χ3v) is 6.22. The predicted molar refractivity (Wildman–Crippen MR) is 105 cm³/mol. The van der Waals surface area contributed by atoms with Gasteiger partial charge in [0.05, 0.1) is 17.8 Å². The van der Waals surface area contributed by atoms with Crippen LogP contribution in [0.15, 0.2) is 59.6 Å². The fourth-order valence-corrected chi connectivity index (χ4v) is 4.91. The lowest BCUT2D eigenvalue weighted by Gasteiger charge is -2.23. The molecule has 2 heterocycles. The fraction of sp³-hybridized carbons (Fsp3) is 0.286. The van der Waals surface area contributed by atoms with Gasteiger partial charge in [0.15, 0.2) is 0 Å². The Morgan fingerprint density at radius 1 is 1.14 bits per heavy atom. The average Bonchev–Trinajstić information content (AvgIpc) is 2.99. The molecular formula is C21H20F3N3S. The second kappa shape index (κ2) is 7.54. The fourth-order valence-electron chi connectivity index (χ4n) is 3.57. The van der Waals surface area contributed by atoms with Crippen LogP contribution < -0.4 is 4.90 Å². The van der Waals surface area contributed by atoms with Crippen molar-refractivity contribution in [2.75, 3.05) is 11.4 Å². The van der Waals surface area contributed by atoms with E-state index < -0.39 is 11.7 Å². The molecule has 1 N–H and O–H groups in total. The van der Waals surface area contributed by atoms with Crippen LogP contribution in [0.25, 0.3) is 0 Å². The number of aromatic nitrogens is 2. The first-order valence-electron chi connectivity index (χ1n) is 9.09. The highest BCUT2D eigenvalue weighted by atomic mass is 32.2. The predicted octanol–water partition coefficient (Wildman–Crippen LogP) is 5.98. The number of rotatable bonds is 3. The van der Waals surface area contributed by atoms with Gasteiger partial charge in [0, 0.05) is 28.6 Å². The molecular weight excluding hydrogens is 383 g/mol. The molecule has 0 saturated carbocycles. The van der Waals surface area contributed by atoms with Crippen molar-refractivity contribution in [3.63, 3.8) is 0 Å². The number of nitrogens with one attached hydrogen (secondary N) is 1. The Labute approximate surface area is 166 Å². The number of thioether (sulfide) groups is 1. The molecule has 7 heteroatoms. The third kappa shape index (κ3) is 3.90. The quantitative estimate of drug-likeness (QED) is 0.584. The second-order valence-corrected chi connectivity index (χ2v) is 8.13. The van der Waals surface area contributed by atoms with Gasteiger partial charge in [0.2, 0.25) is 0 Å². The number of benzene rings is 2. The Balaban J connectivity index is 1.68. The molecule has 1 atom stereocenters. The molecule has 0 spiro atoms. The maximum absolute atomic E-state index is 13.5. The zero-order valence-corrected chi connectivity index (χ0v) is 16.1. The number of anilines is 1. The normalized spacial score (nSPS) is 17.3. The minimum absolute atomic E-state index is 0.262. The first-order chi connectivity index (χ1) is 13.4. The standard InChI is InChI=1S/C21H20F3N3S/c1-14-12-25-20(26-14)13-27-11-10-18(28-19-9-5-4-8-17(19)27)15-6-2-3-7-16(15)21(22,23)24/h2-9,12,18H,10-11,13H2,1H3,(H,25,26). The van der Waals surface area contributed by atoms with Crippen LogP contribution in [-0.4, -0.2) is 16.5 Å². The van der Waals surface area contributed by atoms with Gasteiger partial charge in [-0.3, -0.25) is 0 Å². The van der Waals surface area contributed by atoms with E-state index in [2.05, 4.69) is 14.9 Å². The van der Waals surface area contributed by atoms with Gasteiger partial charge in [0.25, 0.3) is 0 Å². The Morgan fingerprint density at radius 2 is 1.89 bits per heavy atom. The Hall–Kier alpha value is -2.41. The zero-order valence-electron chi connectivity index (χ0n) is 15.3. The molecule has 4 rings (SSSR count). The molecule has 3 aromatic rings. The summed E-state index contributed by atoms with van der Waals surface area (Å²) in [7, 11) is 0. The van der Waals surface area contributed by atoms with Crippen molar-refractivity contribution in [2.24, 2.45) is 0 Å². The summed E-state index contributed by atoms with van der Waals surface area (Å²) < 4.78 is 40.6. The van der Waals surface area contributed by atoms with E-state index in [9.17, 15) is 13.2 Å². The van der Waals surface area contributed by atoms with Gasteiger partial charge in [-0.2, -0.15) is 13.2 Å². The van der Waals surface area contributed by atoms with Crippen LogP contribution in [0.2, 0.25) is 0 Å². The van der Waals surface area contributed by atoms with Crippen molar-refractivity contribution < 1.29 is 13.2 Å². The van der Waals surface area contributed by atoms with Crippen molar-refractivity contribution in [1.82, 2.24) is 9.97 Å². The number of fused-ring (bicyclic) bond motifs is 1. The number of nitrogens with zero attached hydrogens (tertiary/aromatic N) is 2. The number of halogens is 3. The Bertz CT molecular complexity index is 967. The van der Waals surface area contributed by atoms with Crippen molar-refractivity contribution in [3.05, 3.63) is 77.4 Å². The number of H-pyrrole nitrogens is 1. The van der Waals surface area contributed by atoms with Crippen molar-refractivity contribution in [2.45, 2.75) is 36.2 Å². The summed E-state index contributed by atoms with van der Waals surface area (Å²) in [4.78, 5) is 10.8. The van der Waals surface area contributed by atoms with Crippen LogP contribution in [0.3, 0.4) is 0 Å². The zero-order chi connectivity index (χ0) is 19.7. The highest BCUT2D eigenvalue weighted by Gasteiger charge is 2.36. The van der Waals surface area contributed by atoms with Crippen LogP contribution in [0.5, 0.6) is 0 Å². The van der Waals surface area contributed by atoms with E-state index in [1.165, 1.54) is 23.9 Å². The first-order valence-corrected chi connectivity index (χ1v) is 9.97. The van der Waals surface area contributed by atoms with Crippen molar-refractivity contribution in [3.8, 4) is 0 Å². The molecule has 28 heavy (non-hydrogen) atoms. The van der Waals surface area contributed by atoms with Crippen molar-refractivity contribution >= 4 is 17.4 Å². The lowest BCUT2D eigenvalue weighted by atomic mass is 10.0. The lowest BCUT2D eigenvalue weighted by molar-refractivity contribution is -0.138. The van der Waals surface area contributed by atoms with E-state index >= 15 is 0 Å². The third-order valence-electron chi connectivity index (χ3n) is 4.85. The Kier molecular flexibility index (Phi) is 5.10. The first kappa shape index (κ1) is 18.9. The van der Waals surface area contributed by atoms with E-state index in [1.807, 2.05) is 31.2 Å². The monoisotopic (exact) mass is 403 g/mol. The van der Waals surface area contributed by atoms with Gasteiger partial charge in [-0.05, 0) is 37.1 Å². The van der Waals surface area contributed by atoms with Crippen LogP contribution in [0, 0.1) is 6.92 Å². The van der Waals surface area contributed by atoms with E-state index in [1.54, 1.807) is 18.3 Å². The summed E-state index contributed by atoms with van der Waals surface area (Å²) >= 11 is 1.51. The number of aromatic amines is 1. The van der Waals surface area contributed by atoms with Gasteiger partial charge in [-0.1, -0.05) is 30.3 Å². The molecule has 0 amide bonds. The molecule has 0 radical (unpaired) electrons. The minimum Gasteiger partial charge on any atom is -0.363 e. The van der Waals surface area contributed by atoms with E-state index in [-0.39, 0.29) is 5.25 Å². The summed E-state index contributed by atoms with van der Waals surface area (Å²) in [5.41, 5.74) is 1.84. The highest BCUT2D eigenvalue weighted by molar-refractivity contribution is 7.99. The molecule has 0 saturated heterocycles. The van der Waals surface area contributed by atoms with Gasteiger partial charge in [-0.25, -0.2) is 4.98 Å². The molecule has 3 nitrogen and oxygen atoms in total. The molecule has 0 fully saturated rings. The molecule has 1 aromatic heterocycles. The van der Waals surface area contributed by atoms with Crippen molar-refractivity contribution in [1.29, 1.82) is 0 Å². The summed E-state index contributed by atoms with van der Waals surface area (Å²) in [6.45, 7) is 3.20. The van der Waals surface area contributed by atoms with Crippen LogP contribution in [0.1, 0.15) is 34.3 Å². The molecule has 2 aromatic carbocycles. The number of para-hydroxylation sites is 1. The summed E-state index contributed by atoms with van der Waals surface area (Å²) in [5, 5.41) is -0.262. The topological polar surface area (TPSA) is 31.9 Å². The summed E-state index contributed by atoms with van der Waals surface area (Å²) in [5.74, 6) is 0.853. The van der Waals surface area contributed by atoms with Crippen LogP contribution >= 0.6 is 11.8 Å². The second-order valence-electron chi connectivity index (χ2n) is 6.88. The van der Waals surface area contributed by atoms with Gasteiger partial charge >= 0.3 is 6.18 Å². The van der Waals surface area contributed by atoms with Crippen LogP contribution in [-0.2, 0) is 12.7 Å². The SMILES string of the molecule is Cc1cnc(CN2CCC(c3ccccc3C(F)(F)F)Sc3ccccc32)[nH]1. The number of hydrogen-bond acceptors (Lipinski definition) is 3. The largest absolute Gasteiger partial charge is 0.416 e. The molecule has 0 aliphatic carbocycles. The van der Waals surface area contributed by atoms with Gasteiger partial charge in [-0.15, -0.1) is 11.8 Å². The molecule has 1 aliphatic heterocycles. The molecule has 1 aliphatic rings. The van der Waals surface area contributed by atoms with E-state index in [4.69, 9.17) is 0 Å². The number of imidazole rings is 1. The number of hydrogen-bond donors (Lipinski definition) is 1. The maximum Gasteiger partial charge on any atom is 0.416 e. The average molecular weight is 403 g/mol.